The molecule has 4 heteroatoms. The van der Waals surface area contributed by atoms with Crippen LogP contribution in [-0.4, -0.2) is 8.42 Å². The second kappa shape index (κ2) is 4.69. The van der Waals surface area contributed by atoms with Gasteiger partial charge in [-0.2, -0.15) is 0 Å². The lowest BCUT2D eigenvalue weighted by Gasteiger charge is -2.06. The SMILES string of the molecule is [NH]S(=O)(=O)c1ccccc1Cc1ccccc1. The summed E-state index contributed by atoms with van der Waals surface area (Å²) in [6.45, 7) is 0. The Morgan fingerprint density at radius 1 is 0.882 bits per heavy atom. The molecule has 0 fully saturated rings. The van der Waals surface area contributed by atoms with Crippen molar-refractivity contribution in [1.82, 2.24) is 5.14 Å². The fraction of sp³-hybridized carbons (Fsp3) is 0.0769. The average Bonchev–Trinajstić information content (AvgIpc) is 2.30. The molecular formula is C13H12NO2S. The molecule has 0 spiro atoms. The van der Waals surface area contributed by atoms with Gasteiger partial charge in [-0.3, -0.25) is 0 Å². The van der Waals surface area contributed by atoms with Gasteiger partial charge in [-0.05, 0) is 23.6 Å². The third kappa shape index (κ3) is 2.93. The molecule has 0 unspecified atom stereocenters. The first kappa shape index (κ1) is 11.8. The molecule has 0 atom stereocenters. The van der Waals surface area contributed by atoms with Crippen molar-refractivity contribution in [1.29, 1.82) is 0 Å². The molecule has 1 radical (unpaired) electrons. The number of nitrogens with one attached hydrogen (secondary N) is 1. The van der Waals surface area contributed by atoms with Crippen LogP contribution in [0, 0.1) is 0 Å². The summed E-state index contributed by atoms with van der Waals surface area (Å²) in [5.41, 5.74) is 1.69. The molecule has 2 rings (SSSR count). The first-order valence-corrected chi connectivity index (χ1v) is 6.67. The lowest BCUT2D eigenvalue weighted by atomic mass is 10.1. The van der Waals surface area contributed by atoms with Crippen LogP contribution in [0.1, 0.15) is 11.1 Å². The number of rotatable bonds is 3. The van der Waals surface area contributed by atoms with Gasteiger partial charge in [0.1, 0.15) is 0 Å². The number of hydrogen-bond acceptors (Lipinski definition) is 2. The highest BCUT2D eigenvalue weighted by Gasteiger charge is 2.13. The highest BCUT2D eigenvalue weighted by atomic mass is 32.2. The first-order chi connectivity index (χ1) is 8.07. The van der Waals surface area contributed by atoms with Gasteiger partial charge in [-0.1, -0.05) is 48.5 Å². The van der Waals surface area contributed by atoms with Gasteiger partial charge in [0.25, 0.3) is 10.0 Å². The summed E-state index contributed by atoms with van der Waals surface area (Å²) >= 11 is 0. The van der Waals surface area contributed by atoms with Gasteiger partial charge in [0.2, 0.25) is 0 Å². The molecule has 0 aliphatic carbocycles. The largest absolute Gasteiger partial charge is 0.254 e. The van der Waals surface area contributed by atoms with Gasteiger partial charge in [0.05, 0.1) is 4.90 Å². The van der Waals surface area contributed by atoms with E-state index in [-0.39, 0.29) is 4.90 Å². The zero-order valence-electron chi connectivity index (χ0n) is 9.13. The van der Waals surface area contributed by atoms with Crippen molar-refractivity contribution in [3.8, 4) is 0 Å². The molecule has 87 valence electrons. The minimum atomic E-state index is -3.90. The van der Waals surface area contributed by atoms with Crippen molar-refractivity contribution in [2.75, 3.05) is 0 Å². The summed E-state index contributed by atoms with van der Waals surface area (Å²) in [5, 5.41) is 7.15. The summed E-state index contributed by atoms with van der Waals surface area (Å²) in [5.74, 6) is 0. The molecule has 2 aromatic carbocycles. The van der Waals surface area contributed by atoms with Gasteiger partial charge >= 0.3 is 0 Å². The van der Waals surface area contributed by atoms with Crippen LogP contribution in [0.15, 0.2) is 59.5 Å². The predicted molar refractivity (Wildman–Crippen MR) is 66.0 cm³/mol. The van der Waals surface area contributed by atoms with Crippen molar-refractivity contribution in [3.63, 3.8) is 0 Å². The molecule has 0 heterocycles. The van der Waals surface area contributed by atoms with Crippen molar-refractivity contribution in [3.05, 3.63) is 65.7 Å². The third-order valence-corrected chi connectivity index (χ3v) is 3.48. The summed E-state index contributed by atoms with van der Waals surface area (Å²) in [6.07, 6.45) is 0.523. The lowest BCUT2D eigenvalue weighted by Crippen LogP contribution is -2.05. The maximum absolute atomic E-state index is 11.3. The van der Waals surface area contributed by atoms with Crippen LogP contribution in [0.4, 0.5) is 0 Å². The maximum atomic E-state index is 11.3. The van der Waals surface area contributed by atoms with E-state index in [0.29, 0.717) is 12.0 Å². The van der Waals surface area contributed by atoms with Crippen LogP contribution in [0.5, 0.6) is 0 Å². The van der Waals surface area contributed by atoms with Crippen molar-refractivity contribution < 1.29 is 8.42 Å². The fourth-order valence-corrected chi connectivity index (χ4v) is 2.47. The molecule has 0 bridgehead atoms. The lowest BCUT2D eigenvalue weighted by molar-refractivity contribution is 0.595. The van der Waals surface area contributed by atoms with E-state index >= 15 is 0 Å². The summed E-state index contributed by atoms with van der Waals surface area (Å²) in [7, 11) is -3.90. The number of hydrogen-bond donors (Lipinski definition) is 0. The van der Waals surface area contributed by atoms with Gasteiger partial charge in [-0.25, -0.2) is 8.42 Å². The molecule has 3 nitrogen and oxygen atoms in total. The van der Waals surface area contributed by atoms with Crippen LogP contribution >= 0.6 is 0 Å². The Morgan fingerprint density at radius 2 is 1.47 bits per heavy atom. The summed E-state index contributed by atoms with van der Waals surface area (Å²) in [6, 6.07) is 16.2. The molecule has 0 saturated heterocycles. The van der Waals surface area contributed by atoms with Crippen LogP contribution in [-0.2, 0) is 16.4 Å². The van der Waals surface area contributed by atoms with E-state index in [0.717, 1.165) is 5.56 Å². The van der Waals surface area contributed by atoms with E-state index in [2.05, 4.69) is 0 Å². The van der Waals surface area contributed by atoms with Crippen LogP contribution in [0.2, 0.25) is 0 Å². The Hall–Kier alpha value is -1.65. The van der Waals surface area contributed by atoms with Gasteiger partial charge in [0.15, 0.2) is 0 Å². The normalized spacial score (nSPS) is 11.4. The Bertz CT molecular complexity index is 606. The Balaban J connectivity index is 2.41. The van der Waals surface area contributed by atoms with Crippen LogP contribution in [0.3, 0.4) is 0 Å². The van der Waals surface area contributed by atoms with Crippen LogP contribution in [0.25, 0.3) is 0 Å². The monoisotopic (exact) mass is 246 g/mol. The van der Waals surface area contributed by atoms with Gasteiger partial charge in [-0.15, -0.1) is 5.14 Å². The van der Waals surface area contributed by atoms with E-state index in [1.54, 1.807) is 18.2 Å². The highest BCUT2D eigenvalue weighted by molar-refractivity contribution is 7.88. The summed E-state index contributed by atoms with van der Waals surface area (Å²) < 4.78 is 22.6. The summed E-state index contributed by atoms with van der Waals surface area (Å²) in [4.78, 5) is 0.0869. The molecule has 1 N–H and O–H groups in total. The second-order valence-corrected chi connectivity index (χ2v) is 5.22. The van der Waals surface area contributed by atoms with E-state index in [1.165, 1.54) is 6.07 Å². The molecule has 17 heavy (non-hydrogen) atoms. The standard InChI is InChI=1S/C13H12NO2S/c14-17(15,16)13-9-5-4-8-12(13)10-11-6-2-1-3-7-11/h1-9,14H,10H2. The quantitative estimate of drug-likeness (QED) is 0.834. The Morgan fingerprint density at radius 3 is 2.12 bits per heavy atom. The zero-order chi connectivity index (χ0) is 12.3. The van der Waals surface area contributed by atoms with Gasteiger partial charge in [0, 0.05) is 0 Å². The molecule has 0 aromatic heterocycles. The van der Waals surface area contributed by atoms with E-state index in [9.17, 15) is 8.42 Å². The Labute approximate surface area is 101 Å². The Kier molecular flexibility index (Phi) is 3.26. The maximum Gasteiger partial charge on any atom is 0.254 e. The zero-order valence-corrected chi connectivity index (χ0v) is 9.94. The first-order valence-electron chi connectivity index (χ1n) is 5.19. The number of sulfonamides is 1. The van der Waals surface area contributed by atoms with Crippen LogP contribution < -0.4 is 5.14 Å². The molecular weight excluding hydrogens is 234 g/mol. The topological polar surface area (TPSA) is 57.9 Å². The van der Waals surface area contributed by atoms with E-state index < -0.39 is 10.0 Å². The van der Waals surface area contributed by atoms with Gasteiger partial charge < -0.3 is 0 Å². The molecule has 0 aliphatic heterocycles. The molecule has 0 amide bonds. The van der Waals surface area contributed by atoms with E-state index in [4.69, 9.17) is 5.14 Å². The van der Waals surface area contributed by atoms with Crippen molar-refractivity contribution in [2.24, 2.45) is 0 Å². The highest BCUT2D eigenvalue weighted by Crippen LogP contribution is 2.18. The minimum Gasteiger partial charge on any atom is -0.206 e. The molecule has 2 aromatic rings. The predicted octanol–water partition coefficient (Wildman–Crippen LogP) is 2.25. The second-order valence-electron chi connectivity index (χ2n) is 3.77. The fourth-order valence-electron chi connectivity index (χ4n) is 1.73. The van der Waals surface area contributed by atoms with Crippen molar-refractivity contribution >= 4 is 10.0 Å². The average molecular weight is 246 g/mol. The minimum absolute atomic E-state index is 0.0869. The number of benzene rings is 2. The molecule has 0 aliphatic rings. The molecule has 0 saturated carbocycles. The van der Waals surface area contributed by atoms with E-state index in [1.807, 2.05) is 30.3 Å². The smallest absolute Gasteiger partial charge is 0.206 e. The van der Waals surface area contributed by atoms with Crippen molar-refractivity contribution in [2.45, 2.75) is 11.3 Å². The third-order valence-electron chi connectivity index (χ3n) is 2.50.